The number of hydrogen-bond donors (Lipinski definition) is 2. The van der Waals surface area contributed by atoms with Crippen molar-refractivity contribution in [3.05, 3.63) is 29.8 Å². The lowest BCUT2D eigenvalue weighted by molar-refractivity contribution is -0.146. The highest BCUT2D eigenvalue weighted by atomic mass is 16.4. The van der Waals surface area contributed by atoms with E-state index in [1.54, 1.807) is 17.0 Å². The van der Waals surface area contributed by atoms with E-state index in [4.69, 9.17) is 5.73 Å². The normalized spacial score (nSPS) is 19.4. The van der Waals surface area contributed by atoms with Crippen LogP contribution in [0.2, 0.25) is 0 Å². The summed E-state index contributed by atoms with van der Waals surface area (Å²) in [6, 6.07) is 6.71. The average molecular weight is 305 g/mol. The van der Waals surface area contributed by atoms with E-state index in [0.29, 0.717) is 25.3 Å². The number of piperazine rings is 1. The van der Waals surface area contributed by atoms with E-state index in [0.717, 1.165) is 5.56 Å². The Morgan fingerprint density at radius 3 is 2.36 bits per heavy atom. The molecule has 1 fully saturated rings. The van der Waals surface area contributed by atoms with Gasteiger partial charge in [-0.2, -0.15) is 0 Å². The Labute approximate surface area is 130 Å². The molecule has 22 heavy (non-hydrogen) atoms. The molecule has 2 rings (SSSR count). The van der Waals surface area contributed by atoms with Gasteiger partial charge in [-0.1, -0.05) is 32.9 Å². The molecule has 1 heterocycles. The predicted molar refractivity (Wildman–Crippen MR) is 84.2 cm³/mol. The lowest BCUT2D eigenvalue weighted by Crippen LogP contribution is -2.62. The van der Waals surface area contributed by atoms with Crippen molar-refractivity contribution in [2.75, 3.05) is 18.8 Å². The van der Waals surface area contributed by atoms with Crippen LogP contribution in [0.3, 0.4) is 0 Å². The van der Waals surface area contributed by atoms with Crippen molar-refractivity contribution in [2.24, 2.45) is 5.41 Å². The Morgan fingerprint density at radius 2 is 1.86 bits per heavy atom. The van der Waals surface area contributed by atoms with E-state index in [1.165, 1.54) is 4.90 Å². The van der Waals surface area contributed by atoms with Crippen LogP contribution in [0.1, 0.15) is 26.3 Å². The van der Waals surface area contributed by atoms with Crippen molar-refractivity contribution in [3.63, 3.8) is 0 Å². The van der Waals surface area contributed by atoms with Crippen LogP contribution in [-0.4, -0.2) is 46.0 Å². The van der Waals surface area contributed by atoms with Crippen molar-refractivity contribution in [1.82, 2.24) is 9.80 Å². The van der Waals surface area contributed by atoms with Gasteiger partial charge in [0.05, 0.1) is 0 Å². The van der Waals surface area contributed by atoms with Crippen molar-refractivity contribution in [1.29, 1.82) is 0 Å². The Kier molecular flexibility index (Phi) is 4.30. The highest BCUT2D eigenvalue weighted by Gasteiger charge is 2.44. The molecule has 0 radical (unpaired) electrons. The smallest absolute Gasteiger partial charge is 0.408 e. The number of rotatable bonds is 2. The lowest BCUT2D eigenvalue weighted by atomic mass is 9.83. The number of carbonyl (C=O) groups excluding carboxylic acids is 1. The van der Waals surface area contributed by atoms with Gasteiger partial charge >= 0.3 is 6.09 Å². The first-order valence-corrected chi connectivity index (χ1v) is 7.33. The van der Waals surface area contributed by atoms with Gasteiger partial charge in [0.1, 0.15) is 6.04 Å². The van der Waals surface area contributed by atoms with E-state index in [2.05, 4.69) is 0 Å². The number of benzene rings is 1. The van der Waals surface area contributed by atoms with Crippen molar-refractivity contribution in [3.8, 4) is 0 Å². The Morgan fingerprint density at radius 1 is 1.27 bits per heavy atom. The third-order valence-corrected chi connectivity index (χ3v) is 3.89. The minimum Gasteiger partial charge on any atom is -0.465 e. The summed E-state index contributed by atoms with van der Waals surface area (Å²) in [7, 11) is 0. The molecule has 1 saturated heterocycles. The van der Waals surface area contributed by atoms with Crippen LogP contribution in [0.4, 0.5) is 10.5 Å². The molecule has 0 spiro atoms. The summed E-state index contributed by atoms with van der Waals surface area (Å²) in [5, 5.41) is 9.34. The van der Waals surface area contributed by atoms with Gasteiger partial charge in [-0.15, -0.1) is 0 Å². The molecule has 1 aromatic carbocycles. The zero-order chi connectivity index (χ0) is 16.5. The van der Waals surface area contributed by atoms with Crippen molar-refractivity contribution < 1.29 is 14.7 Å². The molecule has 1 aromatic rings. The Hall–Kier alpha value is -2.24. The van der Waals surface area contributed by atoms with Gasteiger partial charge in [0.25, 0.3) is 0 Å². The largest absolute Gasteiger partial charge is 0.465 e. The molecule has 1 aliphatic rings. The summed E-state index contributed by atoms with van der Waals surface area (Å²) < 4.78 is 0. The maximum Gasteiger partial charge on any atom is 0.408 e. The third kappa shape index (κ3) is 3.32. The van der Waals surface area contributed by atoms with Gasteiger partial charge in [0.15, 0.2) is 0 Å². The van der Waals surface area contributed by atoms with E-state index in [1.807, 2.05) is 32.9 Å². The first kappa shape index (κ1) is 16.1. The van der Waals surface area contributed by atoms with Gasteiger partial charge in [-0.3, -0.25) is 9.69 Å². The van der Waals surface area contributed by atoms with Crippen LogP contribution in [0.15, 0.2) is 24.3 Å². The van der Waals surface area contributed by atoms with Crippen LogP contribution in [0, 0.1) is 5.41 Å². The molecule has 0 bridgehead atoms. The van der Waals surface area contributed by atoms with Gasteiger partial charge in [0.2, 0.25) is 5.91 Å². The summed E-state index contributed by atoms with van der Waals surface area (Å²) in [6.07, 6.45) is -1.04. The molecule has 120 valence electrons. The summed E-state index contributed by atoms with van der Waals surface area (Å²) in [6.45, 7) is 6.87. The lowest BCUT2D eigenvalue weighted by Gasteiger charge is -2.44. The monoisotopic (exact) mass is 305 g/mol. The molecule has 6 heteroatoms. The summed E-state index contributed by atoms with van der Waals surface area (Å²) in [5.74, 6) is -0.141. The van der Waals surface area contributed by atoms with Crippen molar-refractivity contribution >= 4 is 17.7 Å². The SMILES string of the molecule is CC(C)(C)C1C(=O)N(Cc2ccc(N)cc2)CCN1C(=O)O. The molecule has 3 N–H and O–H groups in total. The zero-order valence-corrected chi connectivity index (χ0v) is 13.2. The number of nitrogen functional groups attached to an aromatic ring is 1. The third-order valence-electron chi connectivity index (χ3n) is 3.89. The second-order valence-corrected chi connectivity index (χ2v) is 6.75. The maximum absolute atomic E-state index is 12.8. The van der Waals surface area contributed by atoms with Crippen LogP contribution in [-0.2, 0) is 11.3 Å². The number of amides is 2. The highest BCUT2D eigenvalue weighted by Crippen LogP contribution is 2.29. The van der Waals surface area contributed by atoms with Gasteiger partial charge in [-0.05, 0) is 23.1 Å². The number of anilines is 1. The fourth-order valence-electron chi connectivity index (χ4n) is 2.82. The quantitative estimate of drug-likeness (QED) is 0.818. The number of carbonyl (C=O) groups is 2. The van der Waals surface area contributed by atoms with E-state index in [-0.39, 0.29) is 5.91 Å². The van der Waals surface area contributed by atoms with Gasteiger partial charge < -0.3 is 15.7 Å². The van der Waals surface area contributed by atoms with E-state index >= 15 is 0 Å². The molecule has 6 nitrogen and oxygen atoms in total. The molecule has 1 atom stereocenters. The molecule has 1 unspecified atom stereocenters. The first-order valence-electron chi connectivity index (χ1n) is 7.33. The number of nitrogens with zero attached hydrogens (tertiary/aromatic N) is 2. The Bertz CT molecular complexity index is 563. The topological polar surface area (TPSA) is 86.9 Å². The van der Waals surface area contributed by atoms with Crippen LogP contribution in [0.5, 0.6) is 0 Å². The number of nitrogens with two attached hydrogens (primary N) is 1. The Balaban J connectivity index is 2.20. The fourth-order valence-corrected chi connectivity index (χ4v) is 2.82. The standard InChI is InChI=1S/C16H23N3O3/c1-16(2,3)13-14(20)18(8-9-19(13)15(21)22)10-11-4-6-12(17)7-5-11/h4-7,13H,8-10,17H2,1-3H3,(H,21,22). The molecule has 1 aliphatic heterocycles. The highest BCUT2D eigenvalue weighted by molar-refractivity contribution is 5.87. The van der Waals surface area contributed by atoms with Gasteiger partial charge in [-0.25, -0.2) is 4.79 Å². The minimum absolute atomic E-state index is 0.141. The average Bonchev–Trinajstić information content (AvgIpc) is 2.41. The van der Waals surface area contributed by atoms with E-state index < -0.39 is 17.6 Å². The number of carboxylic acid groups (broad SMARTS) is 1. The zero-order valence-electron chi connectivity index (χ0n) is 13.2. The number of hydrogen-bond acceptors (Lipinski definition) is 3. The van der Waals surface area contributed by atoms with Crippen LogP contribution < -0.4 is 5.73 Å². The van der Waals surface area contributed by atoms with Gasteiger partial charge in [0, 0.05) is 25.3 Å². The maximum atomic E-state index is 12.8. The molecule has 0 aliphatic carbocycles. The second-order valence-electron chi connectivity index (χ2n) is 6.75. The molecular weight excluding hydrogens is 282 g/mol. The predicted octanol–water partition coefficient (Wildman–Crippen LogP) is 2.01. The van der Waals surface area contributed by atoms with E-state index in [9.17, 15) is 14.7 Å². The molecule has 0 saturated carbocycles. The molecular formula is C16H23N3O3. The van der Waals surface area contributed by atoms with Crippen LogP contribution >= 0.6 is 0 Å². The summed E-state index contributed by atoms with van der Waals surface area (Å²) in [5.41, 5.74) is 6.88. The first-order chi connectivity index (χ1) is 10.2. The van der Waals surface area contributed by atoms with Crippen LogP contribution in [0.25, 0.3) is 0 Å². The minimum atomic E-state index is -1.04. The molecule has 2 amide bonds. The summed E-state index contributed by atoms with van der Waals surface area (Å²) >= 11 is 0. The molecule has 0 aromatic heterocycles. The fraction of sp³-hybridized carbons (Fsp3) is 0.500. The van der Waals surface area contributed by atoms with Crippen molar-refractivity contribution in [2.45, 2.75) is 33.4 Å². The summed E-state index contributed by atoms with van der Waals surface area (Å²) in [4.78, 5) is 27.1. The second kappa shape index (κ2) is 5.87.